The predicted molar refractivity (Wildman–Crippen MR) is 63.6 cm³/mol. The van der Waals surface area contributed by atoms with Gasteiger partial charge in [-0.2, -0.15) is 4.31 Å². The summed E-state index contributed by atoms with van der Waals surface area (Å²) in [5.74, 6) is -0.644. The summed E-state index contributed by atoms with van der Waals surface area (Å²) in [4.78, 5) is 11.3. The van der Waals surface area contributed by atoms with Gasteiger partial charge in [0.15, 0.2) is 6.10 Å². The van der Waals surface area contributed by atoms with Gasteiger partial charge in [-0.15, -0.1) is 0 Å². The first-order valence-corrected chi connectivity index (χ1v) is 7.37. The smallest absolute Gasteiger partial charge is 0.336 e. The number of methoxy groups -OCH3 is 1. The Balaban J connectivity index is 2.57. The van der Waals surface area contributed by atoms with E-state index < -0.39 is 22.1 Å². The molecule has 1 aliphatic heterocycles. The summed E-state index contributed by atoms with van der Waals surface area (Å²) in [6.45, 7) is 2.87. The highest BCUT2D eigenvalue weighted by Crippen LogP contribution is 2.11. The molecule has 1 aliphatic rings. The molecule has 1 rings (SSSR count). The Morgan fingerprint density at radius 1 is 1.50 bits per heavy atom. The number of carbonyl (C=O) groups excluding carboxylic acids is 1. The van der Waals surface area contributed by atoms with Crippen molar-refractivity contribution in [1.29, 1.82) is 0 Å². The maximum absolute atomic E-state index is 12.0. The van der Waals surface area contributed by atoms with Crippen molar-refractivity contribution in [2.75, 3.05) is 45.8 Å². The molecule has 1 atom stereocenters. The van der Waals surface area contributed by atoms with E-state index in [-0.39, 0.29) is 32.1 Å². The second-order valence-corrected chi connectivity index (χ2v) is 5.84. The molecule has 0 bridgehead atoms. The van der Waals surface area contributed by atoms with E-state index in [1.165, 1.54) is 11.4 Å². The zero-order valence-electron chi connectivity index (χ0n) is 10.6. The van der Waals surface area contributed by atoms with Gasteiger partial charge < -0.3 is 14.2 Å². The minimum Gasteiger partial charge on any atom is -0.467 e. The van der Waals surface area contributed by atoms with Gasteiger partial charge in [0, 0.05) is 13.2 Å². The van der Waals surface area contributed by atoms with Gasteiger partial charge in [0.25, 0.3) is 0 Å². The normalized spacial score (nSPS) is 21.8. The van der Waals surface area contributed by atoms with E-state index in [2.05, 4.69) is 4.74 Å². The van der Waals surface area contributed by atoms with E-state index in [4.69, 9.17) is 9.47 Å². The van der Waals surface area contributed by atoms with Crippen molar-refractivity contribution < 1.29 is 27.4 Å². The van der Waals surface area contributed by atoms with Crippen LogP contribution < -0.4 is 0 Å². The summed E-state index contributed by atoms with van der Waals surface area (Å²) in [5, 5.41) is 0. The topological polar surface area (TPSA) is 82.1 Å². The van der Waals surface area contributed by atoms with Crippen molar-refractivity contribution >= 4 is 16.0 Å². The zero-order valence-corrected chi connectivity index (χ0v) is 11.4. The van der Waals surface area contributed by atoms with Crippen LogP contribution in [0.1, 0.15) is 6.92 Å². The lowest BCUT2D eigenvalue weighted by Crippen LogP contribution is -2.49. The largest absolute Gasteiger partial charge is 0.467 e. The van der Waals surface area contributed by atoms with Crippen LogP contribution in [0, 0.1) is 0 Å². The lowest BCUT2D eigenvalue weighted by Gasteiger charge is -2.30. The molecule has 7 nitrogen and oxygen atoms in total. The maximum Gasteiger partial charge on any atom is 0.336 e. The van der Waals surface area contributed by atoms with E-state index >= 15 is 0 Å². The number of esters is 1. The van der Waals surface area contributed by atoms with Crippen LogP contribution in [0.25, 0.3) is 0 Å². The molecular weight excluding hydrogens is 262 g/mol. The molecule has 18 heavy (non-hydrogen) atoms. The SMILES string of the molecule is CCOCCS(=O)(=O)N1CCOC(C(=O)OC)C1. The van der Waals surface area contributed by atoms with E-state index in [0.29, 0.717) is 6.61 Å². The lowest BCUT2D eigenvalue weighted by atomic mass is 10.3. The first-order valence-electron chi connectivity index (χ1n) is 5.76. The standard InChI is InChI=1S/C10H19NO6S/c1-3-16-6-7-18(13,14)11-4-5-17-9(8-11)10(12)15-2/h9H,3-8H2,1-2H3. The van der Waals surface area contributed by atoms with Crippen molar-refractivity contribution in [3.8, 4) is 0 Å². The highest BCUT2D eigenvalue weighted by Gasteiger charge is 2.33. The Hall–Kier alpha value is -0.700. The highest BCUT2D eigenvalue weighted by molar-refractivity contribution is 7.89. The minimum atomic E-state index is -3.41. The summed E-state index contributed by atoms with van der Waals surface area (Å²) in [6.07, 6.45) is -0.842. The molecule has 0 radical (unpaired) electrons. The Labute approximate surface area is 107 Å². The van der Waals surface area contributed by atoms with Crippen LogP contribution in [0.4, 0.5) is 0 Å². The van der Waals surface area contributed by atoms with Crippen LogP contribution >= 0.6 is 0 Å². The van der Waals surface area contributed by atoms with Gasteiger partial charge in [0.2, 0.25) is 10.0 Å². The van der Waals surface area contributed by atoms with Crippen LogP contribution in [0.3, 0.4) is 0 Å². The van der Waals surface area contributed by atoms with Crippen molar-refractivity contribution in [2.45, 2.75) is 13.0 Å². The van der Waals surface area contributed by atoms with Crippen molar-refractivity contribution in [1.82, 2.24) is 4.31 Å². The van der Waals surface area contributed by atoms with Crippen molar-refractivity contribution in [3.05, 3.63) is 0 Å². The quantitative estimate of drug-likeness (QED) is 0.469. The number of rotatable bonds is 6. The van der Waals surface area contributed by atoms with Crippen LogP contribution in [0.15, 0.2) is 0 Å². The van der Waals surface area contributed by atoms with Crippen molar-refractivity contribution in [2.24, 2.45) is 0 Å². The molecule has 0 amide bonds. The van der Waals surface area contributed by atoms with Gasteiger partial charge in [-0.05, 0) is 6.92 Å². The van der Waals surface area contributed by atoms with Crippen LogP contribution in [0.2, 0.25) is 0 Å². The lowest BCUT2D eigenvalue weighted by molar-refractivity contribution is -0.157. The molecule has 1 fully saturated rings. The fraction of sp³-hybridized carbons (Fsp3) is 0.900. The Kier molecular flexibility index (Phi) is 6.00. The predicted octanol–water partition coefficient (Wildman–Crippen LogP) is -0.773. The number of morpholine rings is 1. The summed E-state index contributed by atoms with van der Waals surface area (Å²) in [6, 6.07) is 0. The second-order valence-electron chi connectivity index (χ2n) is 3.75. The molecule has 0 aliphatic carbocycles. The molecule has 1 saturated heterocycles. The number of hydrogen-bond donors (Lipinski definition) is 0. The monoisotopic (exact) mass is 281 g/mol. The van der Waals surface area contributed by atoms with Crippen LogP contribution in [-0.4, -0.2) is 70.6 Å². The Bertz CT molecular complexity index is 369. The van der Waals surface area contributed by atoms with Gasteiger partial charge in [0.05, 0.1) is 32.6 Å². The van der Waals surface area contributed by atoms with Gasteiger partial charge in [-0.3, -0.25) is 0 Å². The Morgan fingerprint density at radius 2 is 2.22 bits per heavy atom. The number of carbonyl (C=O) groups is 1. The third-order valence-corrected chi connectivity index (χ3v) is 4.38. The summed E-state index contributed by atoms with van der Waals surface area (Å²) in [5.41, 5.74) is 0. The van der Waals surface area contributed by atoms with Gasteiger partial charge in [-0.1, -0.05) is 0 Å². The van der Waals surface area contributed by atoms with E-state index in [1.807, 2.05) is 0 Å². The number of ether oxygens (including phenoxy) is 3. The Morgan fingerprint density at radius 3 is 2.83 bits per heavy atom. The highest BCUT2D eigenvalue weighted by atomic mass is 32.2. The van der Waals surface area contributed by atoms with Crippen LogP contribution in [-0.2, 0) is 29.0 Å². The molecule has 0 aromatic heterocycles. The van der Waals surface area contributed by atoms with E-state index in [1.54, 1.807) is 6.92 Å². The summed E-state index contributed by atoms with van der Waals surface area (Å²) in [7, 11) is -2.17. The molecule has 0 N–H and O–H groups in total. The van der Waals surface area contributed by atoms with Gasteiger partial charge in [-0.25, -0.2) is 13.2 Å². The van der Waals surface area contributed by atoms with E-state index in [0.717, 1.165) is 0 Å². The van der Waals surface area contributed by atoms with E-state index in [9.17, 15) is 13.2 Å². The minimum absolute atomic E-state index is 0.00112. The fourth-order valence-electron chi connectivity index (χ4n) is 1.59. The van der Waals surface area contributed by atoms with Crippen molar-refractivity contribution in [3.63, 3.8) is 0 Å². The second kappa shape index (κ2) is 7.03. The number of sulfonamides is 1. The number of nitrogens with zero attached hydrogens (tertiary/aromatic N) is 1. The molecule has 0 spiro atoms. The molecule has 0 saturated carbocycles. The fourth-order valence-corrected chi connectivity index (χ4v) is 2.89. The average Bonchev–Trinajstić information content (AvgIpc) is 2.38. The molecule has 8 heteroatoms. The molecule has 106 valence electrons. The molecule has 1 heterocycles. The first-order chi connectivity index (χ1) is 8.51. The van der Waals surface area contributed by atoms with Crippen LogP contribution in [0.5, 0.6) is 0 Å². The molecular formula is C10H19NO6S. The third-order valence-electron chi connectivity index (χ3n) is 2.58. The molecule has 1 unspecified atom stereocenters. The van der Waals surface area contributed by atoms with Gasteiger partial charge in [0.1, 0.15) is 0 Å². The zero-order chi connectivity index (χ0) is 13.6. The first kappa shape index (κ1) is 15.4. The summed E-state index contributed by atoms with van der Waals surface area (Å²) < 4.78 is 39.9. The molecule has 0 aromatic rings. The summed E-state index contributed by atoms with van der Waals surface area (Å²) >= 11 is 0. The molecule has 0 aromatic carbocycles. The average molecular weight is 281 g/mol. The number of hydrogen-bond acceptors (Lipinski definition) is 6. The third kappa shape index (κ3) is 4.20. The maximum atomic E-state index is 12.0. The van der Waals surface area contributed by atoms with Gasteiger partial charge >= 0.3 is 5.97 Å².